The molecule has 0 aliphatic rings. The quantitative estimate of drug-likeness (QED) is 0.914. The largest absolute Gasteiger partial charge is 0.326 e. The van der Waals surface area contributed by atoms with Crippen LogP contribution in [0, 0.1) is 12.7 Å². The van der Waals surface area contributed by atoms with Crippen LogP contribution in [0.1, 0.15) is 35.9 Å². The summed E-state index contributed by atoms with van der Waals surface area (Å²) in [7, 11) is 0. The minimum Gasteiger partial charge on any atom is -0.326 e. The highest BCUT2D eigenvalue weighted by Crippen LogP contribution is 2.32. The van der Waals surface area contributed by atoms with Crippen molar-refractivity contribution in [1.29, 1.82) is 0 Å². The van der Waals surface area contributed by atoms with E-state index >= 15 is 0 Å². The number of aromatic nitrogens is 1. The molecule has 0 bridgehead atoms. The van der Waals surface area contributed by atoms with Gasteiger partial charge in [0, 0.05) is 17.0 Å². The van der Waals surface area contributed by atoms with Crippen LogP contribution in [-0.4, -0.2) is 4.98 Å². The van der Waals surface area contributed by atoms with E-state index in [1.54, 1.807) is 24.3 Å². The Morgan fingerprint density at radius 2 is 2.11 bits per heavy atom. The average molecular weight is 264 g/mol. The number of aryl methyl sites for hydroxylation is 1. The summed E-state index contributed by atoms with van der Waals surface area (Å²) in [4.78, 5) is 5.75. The highest BCUT2D eigenvalue weighted by Gasteiger charge is 2.14. The fourth-order valence-electron chi connectivity index (χ4n) is 1.86. The number of nitrogens with two attached hydrogens (primary N) is 1. The van der Waals surface area contributed by atoms with Crippen molar-refractivity contribution in [2.75, 3.05) is 0 Å². The summed E-state index contributed by atoms with van der Waals surface area (Å²) >= 11 is 1.60. The van der Waals surface area contributed by atoms with Crippen LogP contribution in [0.15, 0.2) is 18.2 Å². The highest BCUT2D eigenvalue weighted by atomic mass is 32.1. The maximum Gasteiger partial charge on any atom is 0.126 e. The van der Waals surface area contributed by atoms with Gasteiger partial charge in [0.05, 0.1) is 5.69 Å². The van der Waals surface area contributed by atoms with Gasteiger partial charge in [0.1, 0.15) is 10.8 Å². The Morgan fingerprint density at radius 3 is 2.61 bits per heavy atom. The van der Waals surface area contributed by atoms with Gasteiger partial charge in [-0.3, -0.25) is 0 Å². The monoisotopic (exact) mass is 264 g/mol. The van der Waals surface area contributed by atoms with Crippen LogP contribution >= 0.6 is 11.3 Å². The third-order valence-corrected chi connectivity index (χ3v) is 4.01. The van der Waals surface area contributed by atoms with Crippen LogP contribution in [0.3, 0.4) is 0 Å². The van der Waals surface area contributed by atoms with E-state index in [4.69, 9.17) is 5.73 Å². The lowest BCUT2D eigenvalue weighted by Crippen LogP contribution is -1.99. The zero-order chi connectivity index (χ0) is 13.3. The van der Waals surface area contributed by atoms with Crippen molar-refractivity contribution in [3.8, 4) is 10.6 Å². The zero-order valence-electron chi connectivity index (χ0n) is 10.8. The molecule has 0 amide bonds. The lowest BCUT2D eigenvalue weighted by Gasteiger charge is -2.02. The molecule has 0 aliphatic heterocycles. The van der Waals surface area contributed by atoms with Gasteiger partial charge in [-0.05, 0) is 36.6 Å². The number of nitrogens with zero attached hydrogens (tertiary/aromatic N) is 1. The third kappa shape index (κ3) is 2.44. The number of thiazole rings is 1. The van der Waals surface area contributed by atoms with E-state index in [0.29, 0.717) is 18.0 Å². The highest BCUT2D eigenvalue weighted by molar-refractivity contribution is 7.15. The molecule has 0 fully saturated rings. The first-order valence-corrected chi connectivity index (χ1v) is 6.80. The van der Waals surface area contributed by atoms with Crippen LogP contribution in [0.4, 0.5) is 4.39 Å². The smallest absolute Gasteiger partial charge is 0.126 e. The first-order valence-electron chi connectivity index (χ1n) is 5.99. The summed E-state index contributed by atoms with van der Waals surface area (Å²) in [5, 5.41) is 0.919. The Labute approximate surface area is 111 Å². The summed E-state index contributed by atoms with van der Waals surface area (Å²) in [6, 6.07) is 5.09. The van der Waals surface area contributed by atoms with Crippen LogP contribution < -0.4 is 5.73 Å². The van der Waals surface area contributed by atoms with Crippen LogP contribution in [0.25, 0.3) is 10.6 Å². The second kappa shape index (κ2) is 5.16. The molecular formula is C14H17FN2S. The second-order valence-corrected chi connectivity index (χ2v) is 5.73. The minimum absolute atomic E-state index is 0.182. The molecule has 2 rings (SSSR count). The fourth-order valence-corrected chi connectivity index (χ4v) is 2.95. The average Bonchev–Trinajstić information content (AvgIpc) is 2.77. The molecule has 2 aromatic rings. The van der Waals surface area contributed by atoms with E-state index in [9.17, 15) is 4.39 Å². The third-order valence-electron chi connectivity index (χ3n) is 2.86. The van der Waals surface area contributed by atoms with E-state index in [1.807, 2.05) is 6.07 Å². The molecule has 0 radical (unpaired) electrons. The Balaban J connectivity index is 2.47. The Bertz CT molecular complexity index is 561. The van der Waals surface area contributed by atoms with Crippen molar-refractivity contribution in [2.45, 2.75) is 33.2 Å². The molecule has 0 atom stereocenters. The van der Waals surface area contributed by atoms with Crippen LogP contribution in [0.5, 0.6) is 0 Å². The van der Waals surface area contributed by atoms with E-state index in [1.165, 1.54) is 6.07 Å². The van der Waals surface area contributed by atoms with Gasteiger partial charge >= 0.3 is 0 Å². The van der Waals surface area contributed by atoms with Gasteiger partial charge in [-0.1, -0.05) is 13.8 Å². The number of halogens is 1. The van der Waals surface area contributed by atoms with Gasteiger partial charge in [0.2, 0.25) is 0 Å². The van der Waals surface area contributed by atoms with Crippen LogP contribution in [0.2, 0.25) is 0 Å². The number of benzene rings is 1. The summed E-state index contributed by atoms with van der Waals surface area (Å²) in [6.07, 6.45) is 0. The number of rotatable bonds is 3. The zero-order valence-corrected chi connectivity index (χ0v) is 11.6. The van der Waals surface area contributed by atoms with Gasteiger partial charge in [0.25, 0.3) is 0 Å². The Kier molecular flexibility index (Phi) is 3.78. The van der Waals surface area contributed by atoms with Gasteiger partial charge in [-0.2, -0.15) is 0 Å². The molecule has 18 heavy (non-hydrogen) atoms. The molecule has 96 valence electrons. The van der Waals surface area contributed by atoms with Gasteiger partial charge in [-0.15, -0.1) is 11.3 Å². The standard InChI is InChI=1S/C14H17FN2S/c1-8(2)13-12(7-16)18-14(17-13)10-4-5-11(15)9(3)6-10/h4-6,8H,7,16H2,1-3H3. The number of hydrogen-bond acceptors (Lipinski definition) is 3. The van der Waals surface area contributed by atoms with Gasteiger partial charge in [-0.25, -0.2) is 9.37 Å². The molecule has 0 saturated heterocycles. The predicted molar refractivity (Wildman–Crippen MR) is 74.2 cm³/mol. The van der Waals surface area contributed by atoms with E-state index in [-0.39, 0.29) is 5.82 Å². The van der Waals surface area contributed by atoms with Crippen molar-refractivity contribution >= 4 is 11.3 Å². The fraction of sp³-hybridized carbons (Fsp3) is 0.357. The topological polar surface area (TPSA) is 38.9 Å². The van der Waals surface area contributed by atoms with Crippen molar-refractivity contribution in [3.63, 3.8) is 0 Å². The van der Waals surface area contributed by atoms with Crippen molar-refractivity contribution in [3.05, 3.63) is 40.2 Å². The summed E-state index contributed by atoms with van der Waals surface area (Å²) < 4.78 is 13.3. The molecule has 4 heteroatoms. The second-order valence-electron chi connectivity index (χ2n) is 4.65. The van der Waals surface area contributed by atoms with E-state index < -0.39 is 0 Å². The maximum atomic E-state index is 13.3. The van der Waals surface area contributed by atoms with Gasteiger partial charge in [0.15, 0.2) is 0 Å². The summed E-state index contributed by atoms with van der Waals surface area (Å²) in [5.74, 6) is 0.175. The summed E-state index contributed by atoms with van der Waals surface area (Å²) in [6.45, 7) is 6.48. The SMILES string of the molecule is Cc1cc(-c2nc(C(C)C)c(CN)s2)ccc1F. The van der Waals surface area contributed by atoms with Crippen LogP contribution in [-0.2, 0) is 6.54 Å². The normalized spacial score (nSPS) is 11.2. The first kappa shape index (κ1) is 13.2. The van der Waals surface area contributed by atoms with Gasteiger partial charge < -0.3 is 5.73 Å². The van der Waals surface area contributed by atoms with Crippen molar-refractivity contribution in [1.82, 2.24) is 4.98 Å². The molecular weight excluding hydrogens is 247 g/mol. The molecule has 0 aliphatic carbocycles. The molecule has 2 N–H and O–H groups in total. The molecule has 0 saturated carbocycles. The molecule has 0 unspecified atom stereocenters. The Morgan fingerprint density at radius 1 is 1.39 bits per heavy atom. The van der Waals surface area contributed by atoms with Crippen molar-refractivity contribution < 1.29 is 4.39 Å². The summed E-state index contributed by atoms with van der Waals surface area (Å²) in [5.41, 5.74) is 8.40. The van der Waals surface area contributed by atoms with E-state index in [0.717, 1.165) is 21.1 Å². The Hall–Kier alpha value is -1.26. The number of hydrogen-bond donors (Lipinski definition) is 1. The first-order chi connectivity index (χ1) is 8.52. The molecule has 1 heterocycles. The molecule has 2 nitrogen and oxygen atoms in total. The lowest BCUT2D eigenvalue weighted by molar-refractivity contribution is 0.619. The lowest BCUT2D eigenvalue weighted by atomic mass is 10.1. The van der Waals surface area contributed by atoms with E-state index in [2.05, 4.69) is 18.8 Å². The predicted octanol–water partition coefficient (Wildman–Crippen LogP) is 3.84. The molecule has 1 aromatic carbocycles. The maximum absolute atomic E-state index is 13.3. The molecule has 0 spiro atoms. The molecule has 1 aromatic heterocycles. The van der Waals surface area contributed by atoms with Crippen molar-refractivity contribution in [2.24, 2.45) is 5.73 Å². The minimum atomic E-state index is -0.182.